The van der Waals surface area contributed by atoms with Gasteiger partial charge >= 0.3 is 0 Å². The summed E-state index contributed by atoms with van der Waals surface area (Å²) < 4.78 is 6.21. The van der Waals surface area contributed by atoms with E-state index in [0.29, 0.717) is 5.82 Å². The smallest absolute Gasteiger partial charge is 0.160 e. The van der Waals surface area contributed by atoms with Crippen molar-refractivity contribution in [3.63, 3.8) is 0 Å². The van der Waals surface area contributed by atoms with E-state index in [0.717, 1.165) is 66.7 Å². The van der Waals surface area contributed by atoms with E-state index in [-0.39, 0.29) is 5.41 Å². The van der Waals surface area contributed by atoms with E-state index in [2.05, 4.69) is 159 Å². The third-order valence-corrected chi connectivity index (χ3v) is 11.7. The molecule has 0 saturated carbocycles. The van der Waals surface area contributed by atoms with Crippen LogP contribution in [0.2, 0.25) is 0 Å². The van der Waals surface area contributed by atoms with Crippen LogP contribution < -0.4 is 0 Å². The molecule has 56 heavy (non-hydrogen) atoms. The van der Waals surface area contributed by atoms with Crippen molar-refractivity contribution in [2.45, 2.75) is 19.3 Å². The first kappa shape index (κ1) is 32.3. The number of benzene rings is 8. The van der Waals surface area contributed by atoms with Gasteiger partial charge in [-0.1, -0.05) is 166 Å². The second-order valence-electron chi connectivity index (χ2n) is 15.3. The summed E-state index contributed by atoms with van der Waals surface area (Å²) in [4.78, 5) is 10.5. The van der Waals surface area contributed by atoms with Crippen molar-refractivity contribution in [2.24, 2.45) is 0 Å². The molecule has 10 aromatic rings. The van der Waals surface area contributed by atoms with E-state index < -0.39 is 0 Å². The van der Waals surface area contributed by atoms with Crippen LogP contribution in [0, 0.1) is 0 Å². The summed E-state index contributed by atoms with van der Waals surface area (Å²) in [5.41, 5.74) is 16.5. The van der Waals surface area contributed by atoms with Crippen molar-refractivity contribution >= 4 is 32.7 Å². The molecule has 3 nitrogen and oxygen atoms in total. The van der Waals surface area contributed by atoms with Gasteiger partial charge in [0.1, 0.15) is 11.2 Å². The molecule has 11 rings (SSSR count). The molecule has 0 amide bonds. The maximum absolute atomic E-state index is 6.21. The van der Waals surface area contributed by atoms with Gasteiger partial charge in [0.25, 0.3) is 0 Å². The third-order valence-electron chi connectivity index (χ3n) is 11.7. The highest BCUT2D eigenvalue weighted by Gasteiger charge is 2.37. The van der Waals surface area contributed by atoms with E-state index in [4.69, 9.17) is 14.4 Å². The Morgan fingerprint density at radius 1 is 0.411 bits per heavy atom. The molecule has 0 radical (unpaired) electrons. The molecule has 0 N–H and O–H groups in total. The number of hydrogen-bond donors (Lipinski definition) is 0. The van der Waals surface area contributed by atoms with E-state index in [1.807, 2.05) is 36.4 Å². The largest absolute Gasteiger partial charge is 0.456 e. The summed E-state index contributed by atoms with van der Waals surface area (Å²) in [5.74, 6) is 0.697. The number of fused-ring (bicyclic) bond motifs is 7. The standard InChI is InChI=1S/C53H36N2O/c1-53(2)44-23-12-22-41(50(44)43-30-36-16-6-7-17-37(36)31-45(43)53)39-18-8-9-19-40(39)47-32-46(54-52(55-47)35-14-4-3-5-15-35)34-28-26-33(27-29-34)38-21-13-25-49-51(38)42-20-10-11-24-48(42)56-49/h3-32H,1-2H3. The van der Waals surface area contributed by atoms with Crippen LogP contribution in [0.25, 0.3) is 100.0 Å². The molecule has 0 fully saturated rings. The maximum atomic E-state index is 6.21. The summed E-state index contributed by atoms with van der Waals surface area (Å²) in [6, 6.07) is 64.7. The average Bonchev–Trinajstić information content (AvgIpc) is 3.75. The lowest BCUT2D eigenvalue weighted by Gasteiger charge is -2.22. The Balaban J connectivity index is 1.07. The first-order valence-corrected chi connectivity index (χ1v) is 19.2. The minimum absolute atomic E-state index is 0.134. The minimum Gasteiger partial charge on any atom is -0.456 e. The normalized spacial score (nSPS) is 13.0. The first-order valence-electron chi connectivity index (χ1n) is 19.2. The SMILES string of the molecule is CC1(C)c2cc3ccccc3cc2-c2c(-c3ccccc3-c3cc(-c4ccc(-c5cccc6oc7ccccc7c56)cc4)nc(-c4ccccc4)n3)cccc21. The van der Waals surface area contributed by atoms with Gasteiger partial charge in [-0.2, -0.15) is 0 Å². The Morgan fingerprint density at radius 3 is 1.88 bits per heavy atom. The van der Waals surface area contributed by atoms with Gasteiger partial charge in [0.15, 0.2) is 5.82 Å². The van der Waals surface area contributed by atoms with Crippen molar-refractivity contribution in [3.05, 3.63) is 193 Å². The van der Waals surface area contributed by atoms with Gasteiger partial charge in [0.05, 0.1) is 11.4 Å². The van der Waals surface area contributed by atoms with E-state index in [1.54, 1.807) is 0 Å². The molecule has 3 heteroatoms. The average molecular weight is 717 g/mol. The summed E-state index contributed by atoms with van der Waals surface area (Å²) in [6.45, 7) is 4.71. The van der Waals surface area contributed by atoms with Crippen LogP contribution in [-0.2, 0) is 5.41 Å². The van der Waals surface area contributed by atoms with Crippen molar-refractivity contribution in [1.82, 2.24) is 9.97 Å². The van der Waals surface area contributed by atoms with Crippen LogP contribution in [0.5, 0.6) is 0 Å². The van der Waals surface area contributed by atoms with E-state index in [1.165, 1.54) is 38.6 Å². The third kappa shape index (κ3) is 5.05. The van der Waals surface area contributed by atoms with E-state index in [9.17, 15) is 0 Å². The van der Waals surface area contributed by atoms with E-state index >= 15 is 0 Å². The molecule has 1 aliphatic rings. The highest BCUT2D eigenvalue weighted by atomic mass is 16.3. The molecule has 0 aliphatic heterocycles. The van der Waals surface area contributed by atoms with Gasteiger partial charge in [-0.3, -0.25) is 0 Å². The lowest BCUT2D eigenvalue weighted by Crippen LogP contribution is -2.14. The first-order chi connectivity index (χ1) is 27.5. The summed E-state index contributed by atoms with van der Waals surface area (Å²) >= 11 is 0. The Labute approximate surface area is 325 Å². The Morgan fingerprint density at radius 2 is 1.04 bits per heavy atom. The summed E-state index contributed by atoms with van der Waals surface area (Å²) in [5, 5.41) is 4.79. The summed E-state index contributed by atoms with van der Waals surface area (Å²) in [6.07, 6.45) is 0. The molecule has 0 bridgehead atoms. The Kier molecular flexibility index (Phi) is 7.20. The van der Waals surface area contributed by atoms with Crippen molar-refractivity contribution in [2.75, 3.05) is 0 Å². The molecule has 264 valence electrons. The fourth-order valence-electron chi connectivity index (χ4n) is 8.92. The Bertz CT molecular complexity index is 3150. The van der Waals surface area contributed by atoms with Gasteiger partial charge in [-0.15, -0.1) is 0 Å². The van der Waals surface area contributed by atoms with Crippen molar-refractivity contribution in [1.29, 1.82) is 0 Å². The number of para-hydroxylation sites is 1. The molecule has 0 saturated heterocycles. The predicted octanol–water partition coefficient (Wildman–Crippen LogP) is 14.2. The zero-order chi connectivity index (χ0) is 37.4. The van der Waals surface area contributed by atoms with Crippen LogP contribution in [0.3, 0.4) is 0 Å². The molecule has 0 spiro atoms. The molecular formula is C53H36N2O. The molecule has 2 aromatic heterocycles. The van der Waals surface area contributed by atoms with Gasteiger partial charge in [-0.25, -0.2) is 9.97 Å². The van der Waals surface area contributed by atoms with Crippen molar-refractivity contribution in [3.8, 4) is 67.3 Å². The number of hydrogen-bond acceptors (Lipinski definition) is 3. The fraction of sp³-hybridized carbons (Fsp3) is 0.0566. The lowest BCUT2D eigenvalue weighted by atomic mass is 9.81. The second-order valence-corrected chi connectivity index (χ2v) is 15.3. The minimum atomic E-state index is -0.134. The predicted molar refractivity (Wildman–Crippen MR) is 232 cm³/mol. The highest BCUT2D eigenvalue weighted by molar-refractivity contribution is 6.12. The maximum Gasteiger partial charge on any atom is 0.160 e. The molecular weight excluding hydrogens is 681 g/mol. The zero-order valence-electron chi connectivity index (χ0n) is 31.1. The molecule has 0 unspecified atom stereocenters. The Hall–Kier alpha value is -7.10. The van der Waals surface area contributed by atoms with Gasteiger partial charge in [0, 0.05) is 32.9 Å². The van der Waals surface area contributed by atoms with Gasteiger partial charge in [-0.05, 0) is 85.6 Å². The quantitative estimate of drug-likeness (QED) is 0.178. The molecule has 0 atom stereocenters. The van der Waals surface area contributed by atoms with Crippen LogP contribution in [0.4, 0.5) is 0 Å². The summed E-state index contributed by atoms with van der Waals surface area (Å²) in [7, 11) is 0. The molecule has 8 aromatic carbocycles. The number of furan rings is 1. The van der Waals surface area contributed by atoms with Crippen LogP contribution in [0.1, 0.15) is 25.0 Å². The fourth-order valence-corrected chi connectivity index (χ4v) is 8.92. The number of rotatable bonds is 5. The molecule has 1 aliphatic carbocycles. The topological polar surface area (TPSA) is 38.9 Å². The van der Waals surface area contributed by atoms with Crippen LogP contribution in [-0.4, -0.2) is 9.97 Å². The molecule has 2 heterocycles. The number of aromatic nitrogens is 2. The monoisotopic (exact) mass is 716 g/mol. The van der Waals surface area contributed by atoms with Gasteiger partial charge < -0.3 is 4.42 Å². The van der Waals surface area contributed by atoms with Crippen LogP contribution >= 0.6 is 0 Å². The number of nitrogens with zero attached hydrogens (tertiary/aromatic N) is 2. The van der Waals surface area contributed by atoms with Crippen LogP contribution in [0.15, 0.2) is 186 Å². The zero-order valence-corrected chi connectivity index (χ0v) is 31.1. The van der Waals surface area contributed by atoms with Gasteiger partial charge in [0.2, 0.25) is 0 Å². The van der Waals surface area contributed by atoms with Crippen molar-refractivity contribution < 1.29 is 4.42 Å². The highest BCUT2D eigenvalue weighted by Crippen LogP contribution is 2.54. The second kappa shape index (κ2) is 12.5. The lowest BCUT2D eigenvalue weighted by molar-refractivity contribution is 0.661.